The van der Waals surface area contributed by atoms with Crippen LogP contribution < -0.4 is 5.32 Å². The summed E-state index contributed by atoms with van der Waals surface area (Å²) in [4.78, 5) is 14.4. The van der Waals surface area contributed by atoms with E-state index in [0.29, 0.717) is 5.82 Å². The number of aromatic carboxylic acids is 1. The Bertz CT molecular complexity index is 567. The van der Waals surface area contributed by atoms with Crippen LogP contribution in [0.2, 0.25) is 0 Å². The van der Waals surface area contributed by atoms with Crippen LogP contribution in [-0.4, -0.2) is 25.8 Å². The minimum Gasteiger partial charge on any atom is -0.478 e. The highest BCUT2D eigenvalue weighted by atomic mass is 19.1. The largest absolute Gasteiger partial charge is 0.478 e. The second-order valence-corrected chi connectivity index (χ2v) is 3.33. The first kappa shape index (κ1) is 11.1. The van der Waals surface area contributed by atoms with Crippen molar-refractivity contribution in [3.63, 3.8) is 0 Å². The van der Waals surface area contributed by atoms with Crippen molar-refractivity contribution in [1.82, 2.24) is 14.8 Å². The summed E-state index contributed by atoms with van der Waals surface area (Å²) in [6.07, 6.45) is 2.89. The van der Waals surface area contributed by atoms with Gasteiger partial charge in [0.1, 0.15) is 5.56 Å². The molecule has 0 aliphatic carbocycles. The average Bonchev–Trinajstić information content (AvgIpc) is 2.67. The number of rotatable bonds is 3. The van der Waals surface area contributed by atoms with E-state index >= 15 is 0 Å². The Morgan fingerprint density at radius 3 is 2.88 bits per heavy atom. The molecule has 0 aliphatic rings. The van der Waals surface area contributed by atoms with Crippen LogP contribution >= 0.6 is 0 Å². The van der Waals surface area contributed by atoms with Gasteiger partial charge in [-0.25, -0.2) is 14.2 Å². The molecule has 0 aliphatic heterocycles. The van der Waals surface area contributed by atoms with Crippen LogP contribution in [0, 0.1) is 5.82 Å². The maximum Gasteiger partial charge on any atom is 0.338 e. The predicted molar refractivity (Wildman–Crippen MR) is 57.6 cm³/mol. The van der Waals surface area contributed by atoms with Crippen LogP contribution in [0.1, 0.15) is 10.4 Å². The average molecular weight is 236 g/mol. The fraction of sp³-hybridized carbons (Fsp3) is 0.100. The van der Waals surface area contributed by atoms with Crippen molar-refractivity contribution in [3.8, 4) is 0 Å². The third-order valence-electron chi connectivity index (χ3n) is 2.08. The number of carbonyl (C=O) groups is 1. The van der Waals surface area contributed by atoms with Gasteiger partial charge in [-0.05, 0) is 6.07 Å². The van der Waals surface area contributed by atoms with Gasteiger partial charge in [-0.15, -0.1) is 0 Å². The number of nitrogens with one attached hydrogen (secondary N) is 1. The van der Waals surface area contributed by atoms with E-state index in [1.54, 1.807) is 19.3 Å². The predicted octanol–water partition coefficient (Wildman–Crippen LogP) is 1.40. The lowest BCUT2D eigenvalue weighted by Gasteiger charge is -2.04. The van der Waals surface area contributed by atoms with Gasteiger partial charge in [0.25, 0.3) is 0 Å². The number of carboxylic acids is 1. The first-order chi connectivity index (χ1) is 8.08. The van der Waals surface area contributed by atoms with E-state index in [1.807, 2.05) is 0 Å². The number of nitrogens with zero attached hydrogens (tertiary/aromatic N) is 3. The summed E-state index contributed by atoms with van der Waals surface area (Å²) in [5.74, 6) is -2.02. The molecule has 0 radical (unpaired) electrons. The van der Waals surface area contributed by atoms with Gasteiger partial charge < -0.3 is 10.4 Å². The Morgan fingerprint density at radius 2 is 2.29 bits per heavy atom. The van der Waals surface area contributed by atoms with Crippen LogP contribution in [0.5, 0.6) is 0 Å². The molecule has 2 aromatic rings. The van der Waals surface area contributed by atoms with Crippen molar-refractivity contribution in [2.24, 2.45) is 7.05 Å². The molecule has 0 saturated carbocycles. The zero-order valence-electron chi connectivity index (χ0n) is 8.88. The first-order valence-corrected chi connectivity index (χ1v) is 4.72. The topological polar surface area (TPSA) is 80.0 Å². The number of hydrogen-bond donors (Lipinski definition) is 2. The van der Waals surface area contributed by atoms with Crippen molar-refractivity contribution in [3.05, 3.63) is 35.9 Å². The molecule has 2 heterocycles. The van der Waals surface area contributed by atoms with E-state index in [0.717, 1.165) is 6.07 Å². The van der Waals surface area contributed by atoms with Gasteiger partial charge in [0.2, 0.25) is 0 Å². The summed E-state index contributed by atoms with van der Waals surface area (Å²) < 4.78 is 15.2. The molecule has 0 unspecified atom stereocenters. The number of halogens is 1. The molecule has 2 rings (SSSR count). The fourth-order valence-electron chi connectivity index (χ4n) is 1.30. The lowest BCUT2D eigenvalue weighted by molar-refractivity contribution is 0.0692. The summed E-state index contributed by atoms with van der Waals surface area (Å²) in [6, 6.07) is 2.72. The molecule has 88 valence electrons. The van der Waals surface area contributed by atoms with E-state index in [2.05, 4.69) is 15.4 Å². The Morgan fingerprint density at radius 1 is 1.53 bits per heavy atom. The third-order valence-corrected chi connectivity index (χ3v) is 2.08. The molecule has 6 nitrogen and oxygen atoms in total. The highest BCUT2D eigenvalue weighted by Crippen LogP contribution is 2.18. The van der Waals surface area contributed by atoms with Crippen LogP contribution in [0.15, 0.2) is 24.5 Å². The molecule has 2 N–H and O–H groups in total. The molecule has 0 saturated heterocycles. The van der Waals surface area contributed by atoms with Crippen LogP contribution in [0.3, 0.4) is 0 Å². The summed E-state index contributed by atoms with van der Waals surface area (Å²) in [7, 11) is 1.71. The van der Waals surface area contributed by atoms with Gasteiger partial charge in [0.15, 0.2) is 17.5 Å². The lowest BCUT2D eigenvalue weighted by atomic mass is 10.2. The quantitative estimate of drug-likeness (QED) is 0.841. The van der Waals surface area contributed by atoms with Gasteiger partial charge in [-0.1, -0.05) is 0 Å². The smallest absolute Gasteiger partial charge is 0.338 e. The van der Waals surface area contributed by atoms with Crippen LogP contribution in [0.4, 0.5) is 16.0 Å². The fourth-order valence-corrected chi connectivity index (χ4v) is 1.30. The summed E-state index contributed by atoms with van der Waals surface area (Å²) >= 11 is 0. The monoisotopic (exact) mass is 236 g/mol. The summed E-state index contributed by atoms with van der Waals surface area (Å²) in [5, 5.41) is 15.3. The SMILES string of the molecule is Cn1ccc(Nc2nccc(C(=O)O)c2F)n1. The third kappa shape index (κ3) is 2.22. The van der Waals surface area contributed by atoms with E-state index in [1.165, 1.54) is 10.9 Å². The molecule has 0 aromatic carbocycles. The van der Waals surface area contributed by atoms with Gasteiger partial charge in [-0.2, -0.15) is 5.10 Å². The first-order valence-electron chi connectivity index (χ1n) is 4.72. The molecule has 17 heavy (non-hydrogen) atoms. The molecule has 0 spiro atoms. The van der Waals surface area contributed by atoms with Gasteiger partial charge in [-0.3, -0.25) is 4.68 Å². The standard InChI is InChI=1S/C10H9FN4O2/c1-15-5-3-7(14-15)13-9-8(11)6(10(16)17)2-4-12-9/h2-5H,1H3,(H,16,17)(H,12,13,14). The number of pyridine rings is 1. The molecular weight excluding hydrogens is 227 g/mol. The number of aryl methyl sites for hydroxylation is 1. The number of aromatic nitrogens is 3. The number of hydrogen-bond acceptors (Lipinski definition) is 4. The van der Waals surface area contributed by atoms with Crippen LogP contribution in [0.25, 0.3) is 0 Å². The zero-order valence-corrected chi connectivity index (χ0v) is 8.88. The van der Waals surface area contributed by atoms with E-state index in [9.17, 15) is 9.18 Å². The van der Waals surface area contributed by atoms with Gasteiger partial charge >= 0.3 is 5.97 Å². The maximum atomic E-state index is 13.7. The molecule has 0 fully saturated rings. The second-order valence-electron chi connectivity index (χ2n) is 3.33. The number of anilines is 2. The zero-order chi connectivity index (χ0) is 12.4. The van der Waals surface area contributed by atoms with Crippen molar-refractivity contribution >= 4 is 17.6 Å². The second kappa shape index (κ2) is 4.20. The normalized spacial score (nSPS) is 10.2. The molecule has 0 amide bonds. The van der Waals surface area contributed by atoms with Crippen molar-refractivity contribution in [2.45, 2.75) is 0 Å². The summed E-state index contributed by atoms with van der Waals surface area (Å²) in [5.41, 5.74) is -0.432. The summed E-state index contributed by atoms with van der Waals surface area (Å²) in [6.45, 7) is 0. The van der Waals surface area contributed by atoms with E-state index in [4.69, 9.17) is 5.11 Å². The maximum absolute atomic E-state index is 13.7. The Hall–Kier alpha value is -2.44. The molecule has 0 bridgehead atoms. The minimum atomic E-state index is -1.34. The minimum absolute atomic E-state index is 0.163. The number of carboxylic acid groups (broad SMARTS) is 1. The van der Waals surface area contributed by atoms with Crippen LogP contribution in [-0.2, 0) is 7.05 Å². The van der Waals surface area contributed by atoms with Gasteiger partial charge in [0, 0.05) is 25.5 Å². The molecular formula is C10H9FN4O2. The molecule has 2 aromatic heterocycles. The van der Waals surface area contributed by atoms with Crippen molar-refractivity contribution in [2.75, 3.05) is 5.32 Å². The molecule has 0 atom stereocenters. The van der Waals surface area contributed by atoms with Crippen molar-refractivity contribution in [1.29, 1.82) is 0 Å². The Labute approximate surface area is 95.7 Å². The van der Waals surface area contributed by atoms with Gasteiger partial charge in [0.05, 0.1) is 0 Å². The Balaban J connectivity index is 2.33. The molecule has 7 heteroatoms. The lowest BCUT2D eigenvalue weighted by Crippen LogP contribution is -2.06. The van der Waals surface area contributed by atoms with E-state index in [-0.39, 0.29) is 5.82 Å². The highest BCUT2D eigenvalue weighted by Gasteiger charge is 2.15. The Kier molecular flexibility index (Phi) is 2.73. The highest BCUT2D eigenvalue weighted by molar-refractivity contribution is 5.89. The van der Waals surface area contributed by atoms with Crippen molar-refractivity contribution < 1.29 is 14.3 Å². The van der Waals surface area contributed by atoms with E-state index < -0.39 is 17.3 Å².